The van der Waals surface area contributed by atoms with E-state index in [4.69, 9.17) is 0 Å². The molecule has 3 rings (SSSR count). The van der Waals surface area contributed by atoms with Crippen LogP contribution in [0.3, 0.4) is 0 Å². The van der Waals surface area contributed by atoms with Crippen LogP contribution in [-0.2, 0) is 18.1 Å². The number of anilines is 3. The van der Waals surface area contributed by atoms with Crippen LogP contribution in [0.2, 0.25) is 54.4 Å². The van der Waals surface area contributed by atoms with Crippen molar-refractivity contribution in [1.82, 2.24) is 0 Å². The van der Waals surface area contributed by atoms with Crippen LogP contribution < -0.4 is 4.90 Å². The van der Waals surface area contributed by atoms with E-state index in [0.29, 0.717) is 0 Å². The number of hydrogen-bond acceptors (Lipinski definition) is 1. The average molecular weight is 630 g/mol. The Labute approximate surface area is 269 Å². The molecule has 43 heavy (non-hydrogen) atoms. The van der Waals surface area contributed by atoms with Crippen LogP contribution in [0.5, 0.6) is 0 Å². The van der Waals surface area contributed by atoms with Gasteiger partial charge in [0.25, 0.3) is 0 Å². The van der Waals surface area contributed by atoms with E-state index in [9.17, 15) is 0 Å². The number of rotatable bonds is 18. The van der Waals surface area contributed by atoms with E-state index >= 15 is 0 Å². The van der Waals surface area contributed by atoms with E-state index in [2.05, 4.69) is 140 Å². The minimum atomic E-state index is -1.21. The molecule has 4 heteroatoms. The standard InChI is InChI=1S/C39H63NSi3/c1-10-41(11-2,12-3)31-34-19-25-37(26-20-34)40(38-27-21-35(22-28-38)32-42(13-4,14-5)15-6)39-29-23-36(24-30-39)33-43(16-7,17-8)18-9/h19-30H,10-18,31-33H2,1-9H3. The van der Waals surface area contributed by atoms with E-state index in [1.54, 1.807) is 0 Å². The van der Waals surface area contributed by atoms with E-state index in [0.717, 1.165) is 0 Å². The highest BCUT2D eigenvalue weighted by molar-refractivity contribution is 6.80. The van der Waals surface area contributed by atoms with Gasteiger partial charge in [0.2, 0.25) is 0 Å². The van der Waals surface area contributed by atoms with E-state index in [-0.39, 0.29) is 0 Å². The highest BCUT2D eigenvalue weighted by Gasteiger charge is 2.29. The third kappa shape index (κ3) is 8.64. The molecule has 0 atom stereocenters. The van der Waals surface area contributed by atoms with Crippen molar-refractivity contribution in [3.8, 4) is 0 Å². The minimum absolute atomic E-state index is 1.21. The molecule has 0 radical (unpaired) electrons. The van der Waals surface area contributed by atoms with Gasteiger partial charge < -0.3 is 4.90 Å². The molecule has 0 saturated carbocycles. The second-order valence-electron chi connectivity index (χ2n) is 13.5. The largest absolute Gasteiger partial charge is 0.311 e. The molecule has 0 unspecified atom stereocenters. The average Bonchev–Trinajstić information content (AvgIpc) is 3.07. The summed E-state index contributed by atoms with van der Waals surface area (Å²) in [5.74, 6) is 0. The van der Waals surface area contributed by atoms with Crippen LogP contribution in [-0.4, -0.2) is 24.2 Å². The summed E-state index contributed by atoms with van der Waals surface area (Å²) in [6.45, 7) is 21.8. The lowest BCUT2D eigenvalue weighted by Crippen LogP contribution is -2.34. The van der Waals surface area contributed by atoms with E-state index in [1.165, 1.54) is 106 Å². The van der Waals surface area contributed by atoms with Gasteiger partial charge >= 0.3 is 0 Å². The lowest BCUT2D eigenvalue weighted by atomic mass is 10.1. The first-order chi connectivity index (χ1) is 20.7. The summed E-state index contributed by atoms with van der Waals surface area (Å²) in [5.41, 5.74) is 8.35. The van der Waals surface area contributed by atoms with Crippen molar-refractivity contribution in [1.29, 1.82) is 0 Å². The molecule has 0 aliphatic rings. The molecule has 0 aliphatic carbocycles. The van der Waals surface area contributed by atoms with Crippen molar-refractivity contribution < 1.29 is 0 Å². The molecule has 3 aromatic rings. The highest BCUT2D eigenvalue weighted by atomic mass is 28.3. The Kier molecular flexibility index (Phi) is 13.6. The van der Waals surface area contributed by atoms with Crippen molar-refractivity contribution >= 4 is 41.3 Å². The van der Waals surface area contributed by atoms with Gasteiger partial charge in [-0.1, -0.05) is 170 Å². The van der Waals surface area contributed by atoms with Crippen molar-refractivity contribution in [2.45, 2.75) is 135 Å². The predicted octanol–water partition coefficient (Wildman–Crippen LogP) is 12.9. The Balaban J connectivity index is 1.99. The SMILES string of the molecule is CC[Si](CC)(CC)Cc1ccc(N(c2ccc(C[Si](CC)(CC)CC)cc2)c2ccc(C[Si](CC)(CC)CC)cc2)cc1. The van der Waals surface area contributed by atoms with Crippen molar-refractivity contribution in [3.05, 3.63) is 89.5 Å². The quantitative estimate of drug-likeness (QED) is 0.127. The molecular weight excluding hydrogens is 567 g/mol. The van der Waals surface area contributed by atoms with Crippen LogP contribution in [0.25, 0.3) is 0 Å². The predicted molar refractivity (Wildman–Crippen MR) is 204 cm³/mol. The normalized spacial score (nSPS) is 12.5. The zero-order chi connectivity index (χ0) is 31.5. The third-order valence-electron chi connectivity index (χ3n) is 12.1. The zero-order valence-electron chi connectivity index (χ0n) is 29.4. The van der Waals surface area contributed by atoms with Gasteiger partial charge in [-0.25, -0.2) is 0 Å². The summed E-state index contributed by atoms with van der Waals surface area (Å²) < 4.78 is 0. The fraction of sp³-hybridized carbons (Fsp3) is 0.538. The lowest BCUT2D eigenvalue weighted by Gasteiger charge is -2.30. The molecule has 0 amide bonds. The lowest BCUT2D eigenvalue weighted by molar-refractivity contribution is 1.10. The minimum Gasteiger partial charge on any atom is -0.311 e. The van der Waals surface area contributed by atoms with Crippen LogP contribution >= 0.6 is 0 Å². The van der Waals surface area contributed by atoms with Gasteiger partial charge in [-0.15, -0.1) is 0 Å². The molecule has 0 heterocycles. The number of benzene rings is 3. The first kappa shape index (κ1) is 35.6. The maximum atomic E-state index is 2.48. The second-order valence-corrected chi connectivity index (χ2v) is 30.0. The summed E-state index contributed by atoms with van der Waals surface area (Å²) in [6.07, 6.45) is 0. The van der Waals surface area contributed by atoms with E-state index in [1.807, 2.05) is 0 Å². The summed E-state index contributed by atoms with van der Waals surface area (Å²) >= 11 is 0. The Hall–Kier alpha value is -1.89. The van der Waals surface area contributed by atoms with Crippen molar-refractivity contribution in [2.75, 3.05) is 4.90 Å². The van der Waals surface area contributed by atoms with Gasteiger partial charge in [0.1, 0.15) is 0 Å². The van der Waals surface area contributed by atoms with Crippen molar-refractivity contribution in [2.24, 2.45) is 0 Å². The maximum Gasteiger partial charge on any atom is 0.0571 e. The Morgan fingerprint density at radius 1 is 0.326 bits per heavy atom. The summed E-state index contributed by atoms with van der Waals surface area (Å²) in [5, 5.41) is 0. The molecular formula is C39H63NSi3. The fourth-order valence-corrected chi connectivity index (χ4v) is 17.5. The fourth-order valence-electron chi connectivity index (χ4n) is 7.41. The van der Waals surface area contributed by atoms with Gasteiger partial charge in [-0.2, -0.15) is 0 Å². The third-order valence-corrected chi connectivity index (χ3v) is 29.0. The molecule has 0 aliphatic heterocycles. The van der Waals surface area contributed by atoms with E-state index < -0.39 is 24.2 Å². The molecule has 1 nitrogen and oxygen atoms in total. The molecule has 0 aromatic heterocycles. The molecule has 0 spiro atoms. The summed E-state index contributed by atoms with van der Waals surface area (Å²) in [6, 6.07) is 45.1. The Morgan fingerprint density at radius 2 is 0.512 bits per heavy atom. The topological polar surface area (TPSA) is 3.24 Å². The summed E-state index contributed by atoms with van der Waals surface area (Å²) in [7, 11) is -3.63. The molecule has 0 saturated heterocycles. The van der Waals surface area contributed by atoms with Crippen molar-refractivity contribution in [3.63, 3.8) is 0 Å². The molecule has 0 bridgehead atoms. The first-order valence-corrected chi connectivity index (χ1v) is 26.3. The molecule has 0 fully saturated rings. The smallest absolute Gasteiger partial charge is 0.0571 e. The van der Waals surface area contributed by atoms with Crippen LogP contribution in [0.15, 0.2) is 72.8 Å². The zero-order valence-corrected chi connectivity index (χ0v) is 32.4. The monoisotopic (exact) mass is 629 g/mol. The van der Waals surface area contributed by atoms with Crippen LogP contribution in [0.1, 0.15) is 79.0 Å². The number of nitrogens with zero attached hydrogens (tertiary/aromatic N) is 1. The number of hydrogen-bond donors (Lipinski definition) is 0. The van der Waals surface area contributed by atoms with Crippen LogP contribution in [0, 0.1) is 0 Å². The molecule has 0 N–H and O–H groups in total. The van der Waals surface area contributed by atoms with Gasteiger partial charge in [-0.05, 0) is 54.5 Å². The highest BCUT2D eigenvalue weighted by Crippen LogP contribution is 2.37. The van der Waals surface area contributed by atoms with Gasteiger partial charge in [-0.3, -0.25) is 0 Å². The Bertz CT molecular complexity index is 1020. The first-order valence-electron chi connectivity index (χ1n) is 17.8. The summed E-state index contributed by atoms with van der Waals surface area (Å²) in [4.78, 5) is 2.48. The second kappa shape index (κ2) is 16.4. The Morgan fingerprint density at radius 3 is 0.674 bits per heavy atom. The van der Waals surface area contributed by atoms with Gasteiger partial charge in [0, 0.05) is 17.1 Å². The molecule has 236 valence electrons. The molecule has 3 aromatic carbocycles. The van der Waals surface area contributed by atoms with Crippen LogP contribution in [0.4, 0.5) is 17.1 Å². The van der Waals surface area contributed by atoms with Gasteiger partial charge in [0.05, 0.1) is 24.2 Å². The maximum absolute atomic E-state index is 2.48. The van der Waals surface area contributed by atoms with Gasteiger partial charge in [0.15, 0.2) is 0 Å².